The molecule has 25 heavy (non-hydrogen) atoms. The van der Waals surface area contributed by atoms with E-state index in [9.17, 15) is 9.59 Å². The molecule has 0 spiro atoms. The Morgan fingerprint density at radius 3 is 2.76 bits per heavy atom. The van der Waals surface area contributed by atoms with Gasteiger partial charge in [0, 0.05) is 6.20 Å². The number of methoxy groups -OCH3 is 1. The van der Waals surface area contributed by atoms with Gasteiger partial charge in [-0.05, 0) is 25.0 Å². The molecular weight excluding hydrogens is 320 g/mol. The zero-order chi connectivity index (χ0) is 17.4. The van der Waals surface area contributed by atoms with E-state index >= 15 is 0 Å². The number of fused-ring (bicyclic) bond motifs is 1. The molecule has 0 N–H and O–H groups in total. The van der Waals surface area contributed by atoms with Gasteiger partial charge in [-0.25, -0.2) is 4.98 Å². The van der Waals surface area contributed by atoms with Crippen LogP contribution in [0.3, 0.4) is 0 Å². The lowest BCUT2D eigenvalue weighted by Gasteiger charge is -2.33. The second-order valence-electron chi connectivity index (χ2n) is 6.12. The number of esters is 1. The molecule has 1 fully saturated rings. The van der Waals surface area contributed by atoms with Crippen molar-refractivity contribution >= 4 is 23.3 Å². The van der Waals surface area contributed by atoms with E-state index < -0.39 is 0 Å². The molecular formula is C18H16N4O3. The van der Waals surface area contributed by atoms with Crippen LogP contribution in [0.5, 0.6) is 0 Å². The van der Waals surface area contributed by atoms with Crippen LogP contribution in [0.4, 0.5) is 0 Å². The molecule has 1 saturated carbocycles. The van der Waals surface area contributed by atoms with Crippen LogP contribution in [0.1, 0.15) is 29.4 Å². The summed E-state index contributed by atoms with van der Waals surface area (Å²) < 4.78 is 6.50. The molecule has 0 bridgehead atoms. The summed E-state index contributed by atoms with van der Waals surface area (Å²) in [5, 5.41) is 4.36. The first-order valence-electron chi connectivity index (χ1n) is 8.04. The van der Waals surface area contributed by atoms with Crippen LogP contribution < -0.4 is 0 Å². The van der Waals surface area contributed by atoms with Gasteiger partial charge in [-0.15, -0.1) is 0 Å². The number of carbonyl (C=O) groups is 2. The maximum atomic E-state index is 11.5. The summed E-state index contributed by atoms with van der Waals surface area (Å²) in [5.74, 6) is -0.289. The van der Waals surface area contributed by atoms with Crippen LogP contribution in [0.2, 0.25) is 0 Å². The van der Waals surface area contributed by atoms with Gasteiger partial charge in [0.05, 0.1) is 47.6 Å². The lowest BCUT2D eigenvalue weighted by molar-refractivity contribution is -0.149. The van der Waals surface area contributed by atoms with Crippen LogP contribution >= 0.6 is 0 Å². The summed E-state index contributed by atoms with van der Waals surface area (Å²) in [7, 11) is 1.39. The molecule has 126 valence electrons. The summed E-state index contributed by atoms with van der Waals surface area (Å²) in [6.07, 6.45) is 5.50. The van der Waals surface area contributed by atoms with E-state index in [0.717, 1.165) is 17.3 Å². The molecule has 0 saturated heterocycles. The van der Waals surface area contributed by atoms with Crippen molar-refractivity contribution in [3.8, 4) is 11.3 Å². The van der Waals surface area contributed by atoms with Crippen molar-refractivity contribution in [3.05, 3.63) is 42.4 Å². The second-order valence-corrected chi connectivity index (χ2v) is 6.12. The summed E-state index contributed by atoms with van der Waals surface area (Å²) in [6.45, 7) is 0. The van der Waals surface area contributed by atoms with E-state index in [2.05, 4.69) is 15.1 Å². The van der Waals surface area contributed by atoms with Gasteiger partial charge < -0.3 is 4.74 Å². The average molecular weight is 336 g/mol. The number of carbonyl (C=O) groups excluding carboxylic acids is 2. The summed E-state index contributed by atoms with van der Waals surface area (Å²) in [6, 6.07) is 7.65. The van der Waals surface area contributed by atoms with Gasteiger partial charge in [-0.2, -0.15) is 5.10 Å². The molecule has 1 aliphatic carbocycles. The topological polar surface area (TPSA) is 87.0 Å². The minimum Gasteiger partial charge on any atom is -0.469 e. The van der Waals surface area contributed by atoms with Gasteiger partial charge in [0.1, 0.15) is 5.69 Å². The molecule has 4 rings (SSSR count). The van der Waals surface area contributed by atoms with Gasteiger partial charge in [-0.1, -0.05) is 12.1 Å². The highest BCUT2D eigenvalue weighted by molar-refractivity contribution is 5.85. The SMILES string of the molecule is COC(=O)[C@H]1C[C@H](n2cc(-c3cnc4ccccc4n3)c(C=O)n2)C1. The first-order chi connectivity index (χ1) is 12.2. The monoisotopic (exact) mass is 336 g/mol. The molecule has 0 aliphatic heterocycles. The van der Waals surface area contributed by atoms with Crippen molar-refractivity contribution in [1.29, 1.82) is 0 Å². The van der Waals surface area contributed by atoms with Gasteiger partial charge in [0.25, 0.3) is 0 Å². The van der Waals surface area contributed by atoms with Crippen molar-refractivity contribution < 1.29 is 14.3 Å². The van der Waals surface area contributed by atoms with Crippen LogP contribution in [0.25, 0.3) is 22.3 Å². The minimum absolute atomic E-state index is 0.0879. The number of rotatable bonds is 4. The molecule has 0 unspecified atom stereocenters. The maximum Gasteiger partial charge on any atom is 0.308 e. The van der Waals surface area contributed by atoms with Gasteiger partial charge in [0.15, 0.2) is 6.29 Å². The molecule has 7 heteroatoms. The Labute approximate surface area is 143 Å². The quantitative estimate of drug-likeness (QED) is 0.537. The summed E-state index contributed by atoms with van der Waals surface area (Å²) >= 11 is 0. The summed E-state index contributed by atoms with van der Waals surface area (Å²) in [4.78, 5) is 31.9. The summed E-state index contributed by atoms with van der Waals surface area (Å²) in [5.41, 5.74) is 3.14. The van der Waals surface area contributed by atoms with Gasteiger partial charge in [-0.3, -0.25) is 19.3 Å². The van der Waals surface area contributed by atoms with Crippen molar-refractivity contribution in [2.75, 3.05) is 7.11 Å². The molecule has 1 aromatic carbocycles. The molecule has 0 amide bonds. The zero-order valence-electron chi connectivity index (χ0n) is 13.6. The van der Waals surface area contributed by atoms with Crippen molar-refractivity contribution in [3.63, 3.8) is 0 Å². The number of hydrogen-bond acceptors (Lipinski definition) is 6. The second kappa shape index (κ2) is 6.08. The Morgan fingerprint density at radius 2 is 2.04 bits per heavy atom. The molecule has 1 aliphatic rings. The Hall–Kier alpha value is -3.09. The first kappa shape index (κ1) is 15.4. The molecule has 2 aromatic heterocycles. The van der Waals surface area contributed by atoms with E-state index in [1.54, 1.807) is 17.1 Å². The standard InChI is InChI=1S/C18H16N4O3/c1-25-18(24)11-6-12(7-11)22-9-13(17(10-23)21-22)16-8-19-14-4-2-3-5-15(14)20-16/h2-5,8-12H,6-7H2,1H3/t11-,12-. The van der Waals surface area contributed by atoms with Crippen molar-refractivity contribution in [2.45, 2.75) is 18.9 Å². The van der Waals surface area contributed by atoms with Gasteiger partial charge >= 0.3 is 5.97 Å². The minimum atomic E-state index is -0.195. The third kappa shape index (κ3) is 2.67. The highest BCUT2D eigenvalue weighted by Gasteiger charge is 2.37. The number of nitrogens with zero attached hydrogens (tertiary/aromatic N) is 4. The normalized spacial score (nSPS) is 19.4. The Kier molecular flexibility index (Phi) is 3.76. The zero-order valence-corrected chi connectivity index (χ0v) is 13.6. The Morgan fingerprint density at radius 1 is 1.28 bits per heavy atom. The highest BCUT2D eigenvalue weighted by Crippen LogP contribution is 2.39. The smallest absolute Gasteiger partial charge is 0.308 e. The lowest BCUT2D eigenvalue weighted by atomic mass is 9.80. The predicted molar refractivity (Wildman–Crippen MR) is 89.9 cm³/mol. The van der Waals surface area contributed by atoms with Gasteiger partial charge in [0.2, 0.25) is 0 Å². The fourth-order valence-corrected chi connectivity index (χ4v) is 3.13. The van der Waals surface area contributed by atoms with E-state index in [1.165, 1.54) is 7.11 Å². The highest BCUT2D eigenvalue weighted by atomic mass is 16.5. The fourth-order valence-electron chi connectivity index (χ4n) is 3.13. The van der Waals surface area contributed by atoms with Crippen LogP contribution in [0.15, 0.2) is 36.7 Å². The lowest BCUT2D eigenvalue weighted by Crippen LogP contribution is -2.33. The number of hydrogen-bond donors (Lipinski definition) is 0. The van der Waals surface area contributed by atoms with Crippen LogP contribution in [0, 0.1) is 5.92 Å². The van der Waals surface area contributed by atoms with E-state index in [0.29, 0.717) is 29.8 Å². The third-order valence-corrected chi connectivity index (χ3v) is 4.62. The fraction of sp³-hybridized carbons (Fsp3) is 0.278. The van der Waals surface area contributed by atoms with E-state index in [-0.39, 0.29) is 17.9 Å². The van der Waals surface area contributed by atoms with Crippen LogP contribution in [-0.2, 0) is 9.53 Å². The Balaban J connectivity index is 1.65. The molecule has 7 nitrogen and oxygen atoms in total. The van der Waals surface area contributed by atoms with Crippen molar-refractivity contribution in [1.82, 2.24) is 19.7 Å². The first-order valence-corrected chi connectivity index (χ1v) is 8.04. The third-order valence-electron chi connectivity index (χ3n) is 4.62. The average Bonchev–Trinajstić information content (AvgIpc) is 3.03. The van der Waals surface area contributed by atoms with Crippen LogP contribution in [-0.4, -0.2) is 39.1 Å². The molecule has 2 heterocycles. The molecule has 0 atom stereocenters. The number of ether oxygens (including phenoxy) is 1. The van der Waals surface area contributed by atoms with Crippen molar-refractivity contribution in [2.24, 2.45) is 5.92 Å². The number of aldehydes is 1. The molecule has 0 radical (unpaired) electrons. The Bertz CT molecular complexity index is 960. The number of benzene rings is 1. The number of aromatic nitrogens is 4. The van der Waals surface area contributed by atoms with E-state index in [1.807, 2.05) is 24.3 Å². The maximum absolute atomic E-state index is 11.5. The largest absolute Gasteiger partial charge is 0.469 e. The predicted octanol–water partition coefficient (Wildman–Crippen LogP) is 2.43. The molecule has 3 aromatic rings. The number of para-hydroxylation sites is 2. The van der Waals surface area contributed by atoms with E-state index in [4.69, 9.17) is 4.74 Å².